The number of nitrogens with zero attached hydrogens (tertiary/aromatic N) is 3. The van der Waals surface area contributed by atoms with Gasteiger partial charge in [0.15, 0.2) is 5.96 Å². The molecule has 0 spiro atoms. The molecule has 25 heavy (non-hydrogen) atoms. The van der Waals surface area contributed by atoms with Gasteiger partial charge in [-0.1, -0.05) is 19.1 Å². The van der Waals surface area contributed by atoms with Crippen LogP contribution in [0, 0.1) is 5.82 Å². The van der Waals surface area contributed by atoms with Crippen LogP contribution in [0.25, 0.3) is 0 Å². The first-order valence-corrected chi connectivity index (χ1v) is 8.88. The van der Waals surface area contributed by atoms with Crippen molar-refractivity contribution in [2.75, 3.05) is 44.2 Å². The fourth-order valence-electron chi connectivity index (χ4n) is 2.81. The lowest BCUT2D eigenvalue weighted by Gasteiger charge is -2.36. The van der Waals surface area contributed by atoms with Gasteiger partial charge in [0.2, 0.25) is 0 Å². The third kappa shape index (κ3) is 7.35. The first-order valence-electron chi connectivity index (χ1n) is 8.88. The van der Waals surface area contributed by atoms with E-state index >= 15 is 0 Å². The Labute approximate surface area is 167 Å². The van der Waals surface area contributed by atoms with E-state index in [1.165, 1.54) is 6.07 Å². The van der Waals surface area contributed by atoms with E-state index in [0.29, 0.717) is 17.7 Å². The molecule has 5 nitrogen and oxygen atoms in total. The number of hydrogen-bond donors (Lipinski definition) is 2. The SMILES string of the molecule is CCC(C)NC(N)=NCCCN1CCN(c2ccccc2F)CC1.I. The van der Waals surface area contributed by atoms with Crippen LogP contribution in [0.5, 0.6) is 0 Å². The van der Waals surface area contributed by atoms with Crippen LogP contribution >= 0.6 is 24.0 Å². The topological polar surface area (TPSA) is 56.9 Å². The van der Waals surface area contributed by atoms with Gasteiger partial charge in [0, 0.05) is 45.3 Å². The molecule has 0 aliphatic carbocycles. The van der Waals surface area contributed by atoms with Gasteiger partial charge in [-0.05, 0) is 31.9 Å². The second-order valence-corrected chi connectivity index (χ2v) is 6.35. The van der Waals surface area contributed by atoms with E-state index in [4.69, 9.17) is 5.73 Å². The fraction of sp³-hybridized carbons (Fsp3) is 0.611. The maximum absolute atomic E-state index is 13.8. The number of aliphatic imine (C=N–C) groups is 1. The van der Waals surface area contributed by atoms with Gasteiger partial charge < -0.3 is 16.0 Å². The van der Waals surface area contributed by atoms with Crippen LogP contribution in [0.4, 0.5) is 10.1 Å². The second kappa shape index (κ2) is 11.5. The van der Waals surface area contributed by atoms with Crippen LogP contribution in [0.2, 0.25) is 0 Å². The van der Waals surface area contributed by atoms with Crippen molar-refractivity contribution in [1.29, 1.82) is 0 Å². The summed E-state index contributed by atoms with van der Waals surface area (Å²) in [5.41, 5.74) is 6.56. The Bertz CT molecular complexity index is 532. The number of hydrogen-bond acceptors (Lipinski definition) is 3. The van der Waals surface area contributed by atoms with Crippen molar-refractivity contribution in [2.45, 2.75) is 32.7 Å². The molecule has 1 aliphatic rings. The Hall–Kier alpha value is -1.09. The number of piperazine rings is 1. The van der Waals surface area contributed by atoms with Crippen LogP contribution in [0.15, 0.2) is 29.3 Å². The number of nitrogens with two attached hydrogens (primary N) is 1. The molecule has 0 saturated carbocycles. The predicted molar refractivity (Wildman–Crippen MR) is 114 cm³/mol. The second-order valence-electron chi connectivity index (χ2n) is 6.35. The molecule has 0 bridgehead atoms. The van der Waals surface area contributed by atoms with Gasteiger partial charge in [-0.2, -0.15) is 0 Å². The van der Waals surface area contributed by atoms with Crippen molar-refractivity contribution in [3.63, 3.8) is 0 Å². The third-order valence-corrected chi connectivity index (χ3v) is 4.49. The van der Waals surface area contributed by atoms with Crippen molar-refractivity contribution >= 4 is 35.6 Å². The summed E-state index contributed by atoms with van der Waals surface area (Å²) in [6.45, 7) is 9.60. The average molecular weight is 463 g/mol. The van der Waals surface area contributed by atoms with Crippen molar-refractivity contribution in [1.82, 2.24) is 10.2 Å². The molecule has 3 N–H and O–H groups in total. The lowest BCUT2D eigenvalue weighted by Crippen LogP contribution is -2.47. The van der Waals surface area contributed by atoms with Gasteiger partial charge in [0.05, 0.1) is 5.69 Å². The summed E-state index contributed by atoms with van der Waals surface area (Å²) in [5, 5.41) is 3.17. The van der Waals surface area contributed by atoms with Gasteiger partial charge in [-0.3, -0.25) is 9.89 Å². The molecule has 7 heteroatoms. The normalized spacial score (nSPS) is 17.1. The first-order chi connectivity index (χ1) is 11.6. The highest BCUT2D eigenvalue weighted by Gasteiger charge is 2.18. The number of rotatable bonds is 7. The molecule has 1 unspecified atom stereocenters. The summed E-state index contributed by atoms with van der Waals surface area (Å²) >= 11 is 0. The molecular formula is C18H31FIN5. The van der Waals surface area contributed by atoms with E-state index in [1.807, 2.05) is 12.1 Å². The highest BCUT2D eigenvalue weighted by molar-refractivity contribution is 14.0. The molecule has 1 saturated heterocycles. The van der Waals surface area contributed by atoms with Crippen LogP contribution in [-0.4, -0.2) is 56.2 Å². The zero-order valence-corrected chi connectivity index (χ0v) is 17.6. The maximum Gasteiger partial charge on any atom is 0.188 e. The van der Waals surface area contributed by atoms with Crippen LogP contribution in [-0.2, 0) is 0 Å². The summed E-state index contributed by atoms with van der Waals surface area (Å²) in [5.74, 6) is 0.401. The molecule has 0 aromatic heterocycles. The predicted octanol–water partition coefficient (Wildman–Crippen LogP) is 2.66. The molecular weight excluding hydrogens is 432 g/mol. The molecule has 1 aromatic carbocycles. The third-order valence-electron chi connectivity index (χ3n) is 4.49. The minimum absolute atomic E-state index is 0. The minimum Gasteiger partial charge on any atom is -0.370 e. The lowest BCUT2D eigenvalue weighted by atomic mass is 10.2. The fourth-order valence-corrected chi connectivity index (χ4v) is 2.81. The Kier molecular flexibility index (Phi) is 10.1. The number of benzene rings is 1. The monoisotopic (exact) mass is 463 g/mol. The van der Waals surface area contributed by atoms with Crippen LogP contribution in [0.1, 0.15) is 26.7 Å². The maximum atomic E-state index is 13.8. The van der Waals surface area contributed by atoms with E-state index in [2.05, 4.69) is 34.0 Å². The van der Waals surface area contributed by atoms with Gasteiger partial charge in [0.25, 0.3) is 0 Å². The summed E-state index contributed by atoms with van der Waals surface area (Å²) in [7, 11) is 0. The number of para-hydroxylation sites is 1. The van der Waals surface area contributed by atoms with Crippen LogP contribution < -0.4 is 16.0 Å². The van der Waals surface area contributed by atoms with Crippen molar-refractivity contribution in [3.05, 3.63) is 30.1 Å². The molecule has 1 fully saturated rings. The number of guanidine groups is 1. The average Bonchev–Trinajstić information content (AvgIpc) is 2.59. The Morgan fingerprint density at radius 3 is 2.60 bits per heavy atom. The largest absolute Gasteiger partial charge is 0.370 e. The van der Waals surface area contributed by atoms with E-state index in [1.54, 1.807) is 6.07 Å². The summed E-state index contributed by atoms with van der Waals surface area (Å²) in [6, 6.07) is 7.36. The smallest absolute Gasteiger partial charge is 0.188 e. The Morgan fingerprint density at radius 1 is 1.28 bits per heavy atom. The quantitative estimate of drug-likeness (QED) is 0.283. The van der Waals surface area contributed by atoms with Gasteiger partial charge in [-0.15, -0.1) is 24.0 Å². The van der Waals surface area contributed by atoms with Gasteiger partial charge in [-0.25, -0.2) is 4.39 Å². The van der Waals surface area contributed by atoms with Crippen LogP contribution in [0.3, 0.4) is 0 Å². The summed E-state index contributed by atoms with van der Waals surface area (Å²) < 4.78 is 13.8. The van der Waals surface area contributed by atoms with E-state index in [-0.39, 0.29) is 29.8 Å². The van der Waals surface area contributed by atoms with E-state index in [9.17, 15) is 4.39 Å². The molecule has 2 rings (SSSR count). The highest BCUT2D eigenvalue weighted by atomic mass is 127. The van der Waals surface area contributed by atoms with E-state index in [0.717, 1.165) is 52.1 Å². The number of halogens is 2. The van der Waals surface area contributed by atoms with Crippen molar-refractivity contribution < 1.29 is 4.39 Å². The molecule has 1 heterocycles. The zero-order chi connectivity index (χ0) is 17.4. The van der Waals surface area contributed by atoms with Gasteiger partial charge in [0.1, 0.15) is 5.82 Å². The van der Waals surface area contributed by atoms with Crippen molar-refractivity contribution in [2.24, 2.45) is 10.7 Å². The first kappa shape index (κ1) is 22.0. The lowest BCUT2D eigenvalue weighted by molar-refractivity contribution is 0.256. The molecule has 142 valence electrons. The molecule has 1 aromatic rings. The Morgan fingerprint density at radius 2 is 1.96 bits per heavy atom. The summed E-state index contributed by atoms with van der Waals surface area (Å²) in [4.78, 5) is 8.90. The number of nitrogens with one attached hydrogen (secondary N) is 1. The summed E-state index contributed by atoms with van der Waals surface area (Å²) in [6.07, 6.45) is 2.02. The Balaban J connectivity index is 0.00000312. The number of anilines is 1. The molecule has 1 aliphatic heterocycles. The minimum atomic E-state index is -0.135. The molecule has 1 atom stereocenters. The molecule has 0 radical (unpaired) electrons. The zero-order valence-electron chi connectivity index (χ0n) is 15.2. The molecule has 0 amide bonds. The van der Waals surface area contributed by atoms with Gasteiger partial charge >= 0.3 is 0 Å². The van der Waals surface area contributed by atoms with Crippen molar-refractivity contribution in [3.8, 4) is 0 Å². The standard InChI is InChI=1S/C18H30FN5.HI/c1-3-15(2)22-18(20)21-9-6-10-23-11-13-24(14-12-23)17-8-5-4-7-16(17)19;/h4-5,7-8,15H,3,6,9-14H2,1-2H3,(H3,20,21,22);1H. The highest BCUT2D eigenvalue weighted by Crippen LogP contribution is 2.20. The van der Waals surface area contributed by atoms with E-state index < -0.39 is 0 Å².